The van der Waals surface area contributed by atoms with Gasteiger partial charge in [-0.05, 0) is 60.4 Å². The first-order chi connectivity index (χ1) is 15.6. The van der Waals surface area contributed by atoms with Gasteiger partial charge in [0.25, 0.3) is 0 Å². The third kappa shape index (κ3) is 6.58. The minimum atomic E-state index is -3.95. The third-order valence-corrected chi connectivity index (χ3v) is 7.73. The van der Waals surface area contributed by atoms with Gasteiger partial charge in [-0.1, -0.05) is 72.9 Å². The lowest BCUT2D eigenvalue weighted by Gasteiger charge is -2.22. The average Bonchev–Trinajstić information content (AvgIpc) is 2.76. The molecule has 0 saturated heterocycles. The number of hydrogen-bond acceptors (Lipinski definition) is 3. The van der Waals surface area contributed by atoms with E-state index in [1.807, 2.05) is 31.2 Å². The van der Waals surface area contributed by atoms with Crippen LogP contribution < -0.4 is 5.32 Å². The zero-order valence-electron chi connectivity index (χ0n) is 18.7. The van der Waals surface area contributed by atoms with Crippen LogP contribution in [0.5, 0.6) is 0 Å². The van der Waals surface area contributed by atoms with E-state index in [9.17, 15) is 13.2 Å². The summed E-state index contributed by atoms with van der Waals surface area (Å²) in [7, 11) is -3.95. The van der Waals surface area contributed by atoms with Crippen LogP contribution in [-0.4, -0.2) is 25.2 Å². The molecule has 8 heteroatoms. The van der Waals surface area contributed by atoms with Crippen LogP contribution in [0.1, 0.15) is 36.5 Å². The van der Waals surface area contributed by atoms with Crippen molar-refractivity contribution in [1.29, 1.82) is 0 Å². The van der Waals surface area contributed by atoms with Crippen LogP contribution in [0.2, 0.25) is 10.0 Å². The van der Waals surface area contributed by atoms with E-state index in [1.165, 1.54) is 12.1 Å². The average molecular weight is 505 g/mol. The van der Waals surface area contributed by atoms with Crippen molar-refractivity contribution in [2.45, 2.75) is 38.1 Å². The number of carbonyl (C=O) groups is 1. The van der Waals surface area contributed by atoms with E-state index in [0.717, 1.165) is 15.4 Å². The van der Waals surface area contributed by atoms with Gasteiger partial charge in [-0.15, -0.1) is 0 Å². The Bertz CT molecular complexity index is 1230. The fourth-order valence-corrected chi connectivity index (χ4v) is 4.94. The maximum absolute atomic E-state index is 13.4. The van der Waals surface area contributed by atoms with Crippen molar-refractivity contribution >= 4 is 44.8 Å². The summed E-state index contributed by atoms with van der Waals surface area (Å²) in [5.74, 6) is -0.0702. The van der Waals surface area contributed by atoms with E-state index in [-0.39, 0.29) is 18.0 Å². The maximum atomic E-state index is 13.4. The molecule has 33 heavy (non-hydrogen) atoms. The van der Waals surface area contributed by atoms with Crippen LogP contribution in [0.3, 0.4) is 0 Å². The monoisotopic (exact) mass is 504 g/mol. The molecule has 0 aliphatic rings. The van der Waals surface area contributed by atoms with E-state index >= 15 is 0 Å². The molecule has 0 unspecified atom stereocenters. The van der Waals surface area contributed by atoms with Gasteiger partial charge in [0.1, 0.15) is 0 Å². The molecule has 0 aliphatic carbocycles. The number of aryl methyl sites for hydroxylation is 1. The molecule has 0 radical (unpaired) electrons. The minimum Gasteiger partial charge on any atom is -0.325 e. The summed E-state index contributed by atoms with van der Waals surface area (Å²) in [5.41, 5.74) is 3.31. The van der Waals surface area contributed by atoms with Crippen molar-refractivity contribution in [1.82, 2.24) is 4.31 Å². The first-order valence-electron chi connectivity index (χ1n) is 10.5. The number of halogens is 2. The summed E-state index contributed by atoms with van der Waals surface area (Å²) in [6.45, 7) is 5.66. The highest BCUT2D eigenvalue weighted by Crippen LogP contribution is 2.25. The predicted molar refractivity (Wildman–Crippen MR) is 134 cm³/mol. The van der Waals surface area contributed by atoms with Crippen molar-refractivity contribution in [2.24, 2.45) is 0 Å². The van der Waals surface area contributed by atoms with Crippen LogP contribution in [-0.2, 0) is 21.4 Å². The standard InChI is InChI=1S/C25H26Cl2N2O3S/c1-17(2)20-7-9-21(10-8-20)28-25(30)16-29(15-19-6-13-23(26)24(27)14-19)33(31,32)22-11-4-18(3)5-12-22/h4-14,17H,15-16H2,1-3H3,(H,28,30). The van der Waals surface area contributed by atoms with E-state index in [2.05, 4.69) is 19.2 Å². The Morgan fingerprint density at radius 1 is 0.939 bits per heavy atom. The fourth-order valence-electron chi connectivity index (χ4n) is 3.24. The van der Waals surface area contributed by atoms with Gasteiger partial charge >= 0.3 is 0 Å². The second-order valence-corrected chi connectivity index (χ2v) is 10.9. The lowest BCUT2D eigenvalue weighted by Crippen LogP contribution is -2.37. The van der Waals surface area contributed by atoms with Crippen molar-refractivity contribution in [3.8, 4) is 0 Å². The summed E-state index contributed by atoms with van der Waals surface area (Å²) in [5, 5.41) is 3.47. The smallest absolute Gasteiger partial charge is 0.243 e. The number of benzene rings is 3. The molecule has 0 bridgehead atoms. The molecule has 1 N–H and O–H groups in total. The van der Waals surface area contributed by atoms with Crippen LogP contribution in [0, 0.1) is 6.92 Å². The molecule has 0 saturated carbocycles. The highest BCUT2D eigenvalue weighted by atomic mass is 35.5. The molecule has 1 amide bonds. The molecule has 0 aromatic heterocycles. The molecule has 174 valence electrons. The molecule has 0 fully saturated rings. The fraction of sp³-hybridized carbons (Fsp3) is 0.240. The van der Waals surface area contributed by atoms with E-state index in [4.69, 9.17) is 23.2 Å². The van der Waals surface area contributed by atoms with Gasteiger partial charge in [-0.3, -0.25) is 4.79 Å². The highest BCUT2D eigenvalue weighted by Gasteiger charge is 2.27. The van der Waals surface area contributed by atoms with Gasteiger partial charge < -0.3 is 5.32 Å². The lowest BCUT2D eigenvalue weighted by molar-refractivity contribution is -0.116. The molecule has 3 rings (SSSR count). The second kappa shape index (κ2) is 10.7. The van der Waals surface area contributed by atoms with Gasteiger partial charge in [0.2, 0.25) is 15.9 Å². The molecule has 0 spiro atoms. The summed E-state index contributed by atoms with van der Waals surface area (Å²) in [6.07, 6.45) is 0. The van der Waals surface area contributed by atoms with Crippen LogP contribution in [0.25, 0.3) is 0 Å². The molecule has 0 aliphatic heterocycles. The SMILES string of the molecule is Cc1ccc(S(=O)(=O)N(CC(=O)Nc2ccc(C(C)C)cc2)Cc2ccc(Cl)c(Cl)c2)cc1. The Morgan fingerprint density at radius 3 is 2.15 bits per heavy atom. The Hall–Kier alpha value is -2.38. The molecule has 0 atom stereocenters. The Balaban J connectivity index is 1.86. The predicted octanol–water partition coefficient (Wildman–Crippen LogP) is 6.25. The summed E-state index contributed by atoms with van der Waals surface area (Å²) < 4.78 is 27.9. The summed E-state index contributed by atoms with van der Waals surface area (Å²) in [6, 6.07) is 18.9. The number of sulfonamides is 1. The summed E-state index contributed by atoms with van der Waals surface area (Å²) in [4.78, 5) is 12.9. The largest absolute Gasteiger partial charge is 0.325 e. The van der Waals surface area contributed by atoms with Gasteiger partial charge in [0.15, 0.2) is 0 Å². The van der Waals surface area contributed by atoms with E-state index in [1.54, 1.807) is 30.3 Å². The Labute approximate surface area is 205 Å². The summed E-state index contributed by atoms with van der Waals surface area (Å²) >= 11 is 12.1. The first-order valence-corrected chi connectivity index (χ1v) is 12.7. The van der Waals surface area contributed by atoms with Crippen molar-refractivity contribution in [3.63, 3.8) is 0 Å². The number of nitrogens with one attached hydrogen (secondary N) is 1. The highest BCUT2D eigenvalue weighted by molar-refractivity contribution is 7.89. The molecule has 3 aromatic carbocycles. The normalized spacial score (nSPS) is 11.7. The zero-order valence-corrected chi connectivity index (χ0v) is 21.0. The van der Waals surface area contributed by atoms with Gasteiger partial charge in [0.05, 0.1) is 21.5 Å². The van der Waals surface area contributed by atoms with Crippen molar-refractivity contribution < 1.29 is 13.2 Å². The zero-order chi connectivity index (χ0) is 24.2. The quantitative estimate of drug-likeness (QED) is 0.393. The molecule has 5 nitrogen and oxygen atoms in total. The number of amides is 1. The van der Waals surface area contributed by atoms with Gasteiger partial charge in [0, 0.05) is 12.2 Å². The van der Waals surface area contributed by atoms with Crippen molar-refractivity contribution in [2.75, 3.05) is 11.9 Å². The second-order valence-electron chi connectivity index (χ2n) is 8.16. The molecular formula is C25H26Cl2N2O3S. The molecular weight excluding hydrogens is 479 g/mol. The Kier molecular flexibility index (Phi) is 8.19. The number of hydrogen-bond donors (Lipinski definition) is 1. The van der Waals surface area contributed by atoms with Gasteiger partial charge in [-0.2, -0.15) is 4.31 Å². The molecule has 0 heterocycles. The number of carbonyl (C=O) groups excluding carboxylic acids is 1. The first kappa shape index (κ1) is 25.2. The van der Waals surface area contributed by atoms with E-state index in [0.29, 0.717) is 27.2 Å². The van der Waals surface area contributed by atoms with E-state index < -0.39 is 15.9 Å². The van der Waals surface area contributed by atoms with Crippen molar-refractivity contribution in [3.05, 3.63) is 93.5 Å². The topological polar surface area (TPSA) is 66.5 Å². The van der Waals surface area contributed by atoms with Crippen LogP contribution >= 0.6 is 23.2 Å². The third-order valence-electron chi connectivity index (χ3n) is 5.18. The maximum Gasteiger partial charge on any atom is 0.243 e. The number of nitrogens with zero attached hydrogens (tertiary/aromatic N) is 1. The van der Waals surface area contributed by atoms with Crippen LogP contribution in [0.4, 0.5) is 5.69 Å². The number of rotatable bonds is 8. The lowest BCUT2D eigenvalue weighted by atomic mass is 10.0. The minimum absolute atomic E-state index is 0.0349. The van der Waals surface area contributed by atoms with Gasteiger partial charge in [-0.25, -0.2) is 8.42 Å². The molecule has 3 aromatic rings. The number of anilines is 1. The Morgan fingerprint density at radius 2 is 1.58 bits per heavy atom. The van der Waals surface area contributed by atoms with Crippen LogP contribution in [0.15, 0.2) is 71.6 Å².